The fraction of sp³-hybridized carbons (Fsp3) is 0.385. The predicted octanol–water partition coefficient (Wildman–Crippen LogP) is 3.41. The highest BCUT2D eigenvalue weighted by molar-refractivity contribution is 7.89. The van der Waals surface area contributed by atoms with Gasteiger partial charge < -0.3 is 15.0 Å². The van der Waals surface area contributed by atoms with Gasteiger partial charge in [0.2, 0.25) is 16.0 Å². The van der Waals surface area contributed by atoms with E-state index < -0.39 is 15.6 Å². The van der Waals surface area contributed by atoms with Crippen molar-refractivity contribution in [2.45, 2.75) is 18.9 Å². The summed E-state index contributed by atoms with van der Waals surface area (Å²) in [6.45, 7) is 5.31. The molecule has 2 fully saturated rings. The normalized spacial score (nSPS) is 17.6. The first-order valence-electron chi connectivity index (χ1n) is 12.8. The number of nitrogens with one attached hydrogen (secondary N) is 1. The number of fused-ring (bicyclic) bond motifs is 1. The summed E-state index contributed by atoms with van der Waals surface area (Å²) in [4.78, 5) is 11.8. The number of anilines is 3. The average Bonchev–Trinajstić information content (AvgIpc) is 3.61. The molecule has 39 heavy (non-hydrogen) atoms. The van der Waals surface area contributed by atoms with Crippen molar-refractivity contribution in [2.75, 3.05) is 55.4 Å². The van der Waals surface area contributed by atoms with Crippen LogP contribution >= 0.6 is 11.3 Å². The Balaban J connectivity index is 1.27. The topological polar surface area (TPSA) is 129 Å². The molecule has 2 saturated heterocycles. The van der Waals surface area contributed by atoms with Gasteiger partial charge in [0.1, 0.15) is 5.54 Å². The molecule has 0 aliphatic carbocycles. The Hall–Kier alpha value is -3.57. The lowest BCUT2D eigenvalue weighted by atomic mass is 9.89. The first-order valence-corrected chi connectivity index (χ1v) is 15.2. The number of hydrogen-bond donors (Lipinski definition) is 1. The Morgan fingerprint density at radius 2 is 1.92 bits per heavy atom. The van der Waals surface area contributed by atoms with E-state index in [1.54, 1.807) is 29.1 Å². The van der Waals surface area contributed by atoms with Gasteiger partial charge >= 0.3 is 0 Å². The van der Waals surface area contributed by atoms with Crippen molar-refractivity contribution in [2.24, 2.45) is 0 Å². The highest BCUT2D eigenvalue weighted by atomic mass is 32.2. The number of hydrogen-bond acceptors (Lipinski definition) is 10. The van der Waals surface area contributed by atoms with Crippen LogP contribution in [0.3, 0.4) is 0 Å². The number of sulfonamides is 1. The number of aromatic nitrogens is 4. The highest BCUT2D eigenvalue weighted by Gasteiger charge is 2.49. The van der Waals surface area contributed by atoms with Crippen LogP contribution in [-0.2, 0) is 20.3 Å². The molecule has 2 aliphatic rings. The number of benzene rings is 1. The van der Waals surface area contributed by atoms with Crippen LogP contribution < -0.4 is 10.2 Å². The van der Waals surface area contributed by atoms with Crippen LogP contribution in [0.1, 0.15) is 13.3 Å². The third-order valence-corrected chi connectivity index (χ3v) is 9.94. The molecule has 11 nitrogen and oxygen atoms in total. The van der Waals surface area contributed by atoms with Crippen LogP contribution in [0.4, 0.5) is 17.3 Å². The molecule has 0 spiro atoms. The van der Waals surface area contributed by atoms with Gasteiger partial charge in [-0.25, -0.2) is 18.4 Å². The van der Waals surface area contributed by atoms with E-state index in [1.807, 2.05) is 29.8 Å². The minimum atomic E-state index is -3.32. The molecule has 13 heteroatoms. The molecular weight excluding hydrogens is 536 g/mol. The molecule has 5 heterocycles. The molecule has 1 aromatic carbocycles. The summed E-state index contributed by atoms with van der Waals surface area (Å²) < 4.78 is 34.2. The fourth-order valence-corrected chi connectivity index (χ4v) is 7.08. The second-order valence-electron chi connectivity index (χ2n) is 9.70. The van der Waals surface area contributed by atoms with Crippen molar-refractivity contribution < 1.29 is 13.2 Å². The maximum atomic E-state index is 12.3. The standard InChI is InChI=1S/C26H28N8O3S2/c1-2-39(35,36)33-17-26(18-33,8-9-27)34-16-19(15-28-34)23-24-22(7-14-38-24)30-25(31-23)29-20-3-5-21(6-4-20)32-10-12-37-13-11-32/h3-7,14-16H,2,8,10-13,17-18H2,1H3,(H,29,30,31). The summed E-state index contributed by atoms with van der Waals surface area (Å²) in [5.41, 5.74) is 3.67. The first kappa shape index (κ1) is 25.7. The van der Waals surface area contributed by atoms with Crippen LogP contribution in [-0.4, -0.2) is 77.6 Å². The molecule has 0 unspecified atom stereocenters. The second kappa shape index (κ2) is 10.2. The molecule has 2 aliphatic heterocycles. The second-order valence-corrected chi connectivity index (χ2v) is 12.9. The first-order chi connectivity index (χ1) is 18.9. The van der Waals surface area contributed by atoms with Crippen LogP contribution in [0.15, 0.2) is 48.1 Å². The van der Waals surface area contributed by atoms with E-state index in [2.05, 4.69) is 33.5 Å². The van der Waals surface area contributed by atoms with Crippen LogP contribution in [0.5, 0.6) is 0 Å². The van der Waals surface area contributed by atoms with E-state index in [0.29, 0.717) is 5.95 Å². The molecule has 0 bridgehead atoms. The maximum Gasteiger partial charge on any atom is 0.228 e. The summed E-state index contributed by atoms with van der Waals surface area (Å²) >= 11 is 1.55. The van der Waals surface area contributed by atoms with E-state index in [4.69, 9.17) is 14.7 Å². The Bertz CT molecular complexity index is 1630. The van der Waals surface area contributed by atoms with E-state index >= 15 is 0 Å². The van der Waals surface area contributed by atoms with Gasteiger partial charge in [0.05, 0.1) is 53.6 Å². The van der Waals surface area contributed by atoms with Crippen molar-refractivity contribution in [1.82, 2.24) is 24.1 Å². The SMILES string of the molecule is CCS(=O)(=O)N1CC(CC#N)(n2cc(-c3nc(Nc4ccc(N5CCOCC5)cc4)nc4ccsc34)cn2)C1. The van der Waals surface area contributed by atoms with Gasteiger partial charge in [-0.3, -0.25) is 4.68 Å². The molecule has 0 atom stereocenters. The Kier molecular flexibility index (Phi) is 6.72. The van der Waals surface area contributed by atoms with Gasteiger partial charge in [-0.15, -0.1) is 11.3 Å². The van der Waals surface area contributed by atoms with E-state index in [9.17, 15) is 13.7 Å². The quantitative estimate of drug-likeness (QED) is 0.342. The fourth-order valence-electron chi connectivity index (χ4n) is 5.00. The Labute approximate surface area is 230 Å². The predicted molar refractivity (Wildman–Crippen MR) is 151 cm³/mol. The monoisotopic (exact) mass is 564 g/mol. The molecule has 3 aromatic heterocycles. The molecule has 0 saturated carbocycles. The maximum absolute atomic E-state index is 12.3. The lowest BCUT2D eigenvalue weighted by Gasteiger charge is -2.47. The number of ether oxygens (including phenoxy) is 1. The van der Waals surface area contributed by atoms with Gasteiger partial charge in [-0.05, 0) is 42.6 Å². The summed E-state index contributed by atoms with van der Waals surface area (Å²) in [7, 11) is -3.32. The number of rotatable bonds is 8. The molecule has 1 N–H and O–H groups in total. The van der Waals surface area contributed by atoms with Crippen molar-refractivity contribution >= 4 is 48.9 Å². The number of thiophene rings is 1. The zero-order valence-electron chi connectivity index (χ0n) is 21.4. The Morgan fingerprint density at radius 1 is 1.15 bits per heavy atom. The third-order valence-electron chi connectivity index (χ3n) is 7.25. The molecule has 0 amide bonds. The van der Waals surface area contributed by atoms with Gasteiger partial charge in [0, 0.05) is 49.3 Å². The van der Waals surface area contributed by atoms with Crippen molar-refractivity contribution in [3.63, 3.8) is 0 Å². The smallest absolute Gasteiger partial charge is 0.228 e. The summed E-state index contributed by atoms with van der Waals surface area (Å²) in [5, 5.41) is 19.4. The van der Waals surface area contributed by atoms with Gasteiger partial charge in [-0.2, -0.15) is 14.7 Å². The number of morpholine rings is 1. The van der Waals surface area contributed by atoms with E-state index in [1.165, 1.54) is 4.31 Å². The van der Waals surface area contributed by atoms with E-state index in [-0.39, 0.29) is 25.3 Å². The third kappa shape index (κ3) is 4.85. The van der Waals surface area contributed by atoms with Crippen molar-refractivity contribution in [1.29, 1.82) is 5.26 Å². The number of nitriles is 1. The molecule has 202 valence electrons. The lowest BCUT2D eigenvalue weighted by molar-refractivity contribution is 0.0719. The molecule has 4 aromatic rings. The average molecular weight is 565 g/mol. The van der Waals surface area contributed by atoms with Crippen LogP contribution in [0.2, 0.25) is 0 Å². The minimum Gasteiger partial charge on any atom is -0.378 e. The zero-order valence-corrected chi connectivity index (χ0v) is 23.1. The lowest BCUT2D eigenvalue weighted by Crippen LogP contribution is -2.64. The van der Waals surface area contributed by atoms with Crippen LogP contribution in [0, 0.1) is 11.3 Å². The zero-order chi connectivity index (χ0) is 27.0. The minimum absolute atomic E-state index is 0.0308. The Morgan fingerprint density at radius 3 is 2.64 bits per heavy atom. The number of nitrogens with zero attached hydrogens (tertiary/aromatic N) is 7. The summed E-state index contributed by atoms with van der Waals surface area (Å²) in [6.07, 6.45) is 3.74. The largest absolute Gasteiger partial charge is 0.378 e. The summed E-state index contributed by atoms with van der Waals surface area (Å²) in [6, 6.07) is 12.4. The van der Waals surface area contributed by atoms with E-state index in [0.717, 1.165) is 59.2 Å². The van der Waals surface area contributed by atoms with Gasteiger partial charge in [0.15, 0.2) is 0 Å². The van der Waals surface area contributed by atoms with Crippen LogP contribution in [0.25, 0.3) is 21.5 Å². The van der Waals surface area contributed by atoms with Crippen molar-refractivity contribution in [3.05, 3.63) is 48.1 Å². The van der Waals surface area contributed by atoms with Gasteiger partial charge in [-0.1, -0.05) is 0 Å². The molecule has 0 radical (unpaired) electrons. The highest BCUT2D eigenvalue weighted by Crippen LogP contribution is 2.37. The molecule has 6 rings (SSSR count). The van der Waals surface area contributed by atoms with Gasteiger partial charge in [0.25, 0.3) is 0 Å². The summed E-state index contributed by atoms with van der Waals surface area (Å²) in [5.74, 6) is 0.501. The molecular formula is C26H28N8O3S2. The van der Waals surface area contributed by atoms with Crippen molar-refractivity contribution in [3.8, 4) is 17.3 Å².